The minimum absolute atomic E-state index is 0.111. The van der Waals surface area contributed by atoms with E-state index >= 15 is 0 Å². The second-order valence-electron chi connectivity index (χ2n) is 7.33. The zero-order valence-corrected chi connectivity index (χ0v) is 16.2. The van der Waals surface area contributed by atoms with E-state index in [9.17, 15) is 5.11 Å². The lowest BCUT2D eigenvalue weighted by Crippen LogP contribution is -2.36. The molecule has 3 atom stereocenters. The molecule has 3 aromatic carbocycles. The first-order valence-corrected chi connectivity index (χ1v) is 9.70. The van der Waals surface area contributed by atoms with Gasteiger partial charge in [0.2, 0.25) is 0 Å². The van der Waals surface area contributed by atoms with Gasteiger partial charge in [0.05, 0.1) is 6.10 Å². The van der Waals surface area contributed by atoms with Gasteiger partial charge in [-0.25, -0.2) is 0 Å². The Hall–Kier alpha value is -2.42. The van der Waals surface area contributed by atoms with Crippen LogP contribution in [-0.4, -0.2) is 16.1 Å². The summed E-state index contributed by atoms with van der Waals surface area (Å²) in [7, 11) is 0. The molecule has 0 aliphatic rings. The van der Waals surface area contributed by atoms with Crippen molar-refractivity contribution in [2.45, 2.75) is 39.1 Å². The molecule has 0 aromatic heterocycles. The van der Waals surface area contributed by atoms with Crippen LogP contribution in [-0.2, 0) is 13.1 Å². The van der Waals surface area contributed by atoms with Crippen LogP contribution in [0.1, 0.15) is 36.6 Å². The maximum atomic E-state index is 10.4. The summed E-state index contributed by atoms with van der Waals surface area (Å²) in [4.78, 5) is 2.48. The summed E-state index contributed by atoms with van der Waals surface area (Å²) >= 11 is 0. The molecule has 3 rings (SSSR count). The number of benzene rings is 3. The average molecular weight is 360 g/mol. The molecule has 0 aliphatic heterocycles. The number of aliphatic hydroxyl groups is 1. The standard InChI is InChI=1S/C25H29NO/c1-20(21(2)27)25(24-16-10-5-11-17-24)26(18-22-12-6-3-7-13-22)19-23-14-8-4-9-15-23/h3-17,20-21,25,27H,18-19H2,1-2H3/t20-,21+,25+/m1/s1. The Balaban J connectivity index is 1.98. The maximum absolute atomic E-state index is 10.4. The highest BCUT2D eigenvalue weighted by atomic mass is 16.3. The lowest BCUT2D eigenvalue weighted by Gasteiger charge is -2.37. The number of hydrogen-bond donors (Lipinski definition) is 1. The summed E-state index contributed by atoms with van der Waals surface area (Å²) in [6, 6.07) is 31.9. The van der Waals surface area contributed by atoms with Gasteiger partial charge in [-0.1, -0.05) is 97.9 Å². The Morgan fingerprint density at radius 1 is 0.667 bits per heavy atom. The van der Waals surface area contributed by atoms with Crippen LogP contribution in [0.2, 0.25) is 0 Å². The Morgan fingerprint density at radius 2 is 1.07 bits per heavy atom. The Labute approximate surface area is 163 Å². The lowest BCUT2D eigenvalue weighted by molar-refractivity contribution is 0.0465. The summed E-state index contributed by atoms with van der Waals surface area (Å²) in [6.07, 6.45) is -0.385. The fourth-order valence-corrected chi connectivity index (χ4v) is 3.65. The lowest BCUT2D eigenvalue weighted by atomic mass is 9.88. The van der Waals surface area contributed by atoms with Crippen molar-refractivity contribution < 1.29 is 5.11 Å². The van der Waals surface area contributed by atoms with E-state index in [0.29, 0.717) is 0 Å². The topological polar surface area (TPSA) is 23.5 Å². The van der Waals surface area contributed by atoms with Gasteiger partial charge in [0, 0.05) is 25.0 Å². The smallest absolute Gasteiger partial charge is 0.0555 e. The van der Waals surface area contributed by atoms with Crippen LogP contribution in [0.4, 0.5) is 0 Å². The third-order valence-electron chi connectivity index (χ3n) is 5.25. The van der Waals surface area contributed by atoms with Crippen LogP contribution in [0.3, 0.4) is 0 Å². The molecular weight excluding hydrogens is 330 g/mol. The predicted molar refractivity (Wildman–Crippen MR) is 112 cm³/mol. The highest BCUT2D eigenvalue weighted by Crippen LogP contribution is 2.33. The van der Waals surface area contributed by atoms with Crippen molar-refractivity contribution >= 4 is 0 Å². The van der Waals surface area contributed by atoms with Gasteiger partial charge in [0.15, 0.2) is 0 Å². The number of rotatable bonds is 8. The Bertz CT molecular complexity index is 745. The SMILES string of the molecule is C[C@H]([C@H](C)O)[C@@H](c1ccccc1)N(Cc1ccccc1)Cc1ccccc1. The van der Waals surface area contributed by atoms with E-state index in [-0.39, 0.29) is 18.1 Å². The molecule has 2 heteroatoms. The fourth-order valence-electron chi connectivity index (χ4n) is 3.65. The molecule has 0 saturated heterocycles. The zero-order chi connectivity index (χ0) is 19.1. The highest BCUT2D eigenvalue weighted by molar-refractivity contribution is 5.23. The summed E-state index contributed by atoms with van der Waals surface area (Å²) in [5, 5.41) is 10.4. The molecule has 2 nitrogen and oxygen atoms in total. The van der Waals surface area contributed by atoms with Crippen molar-refractivity contribution in [3.05, 3.63) is 108 Å². The molecule has 0 fully saturated rings. The molecule has 0 amide bonds. The quantitative estimate of drug-likeness (QED) is 0.578. The average Bonchev–Trinajstić information content (AvgIpc) is 2.70. The van der Waals surface area contributed by atoms with Crippen molar-refractivity contribution in [1.29, 1.82) is 0 Å². The second kappa shape index (κ2) is 9.50. The van der Waals surface area contributed by atoms with Crippen molar-refractivity contribution in [2.75, 3.05) is 0 Å². The summed E-state index contributed by atoms with van der Waals surface area (Å²) < 4.78 is 0. The van der Waals surface area contributed by atoms with Crippen LogP contribution >= 0.6 is 0 Å². The van der Waals surface area contributed by atoms with E-state index in [1.165, 1.54) is 16.7 Å². The van der Waals surface area contributed by atoms with Crippen molar-refractivity contribution in [3.63, 3.8) is 0 Å². The van der Waals surface area contributed by atoms with E-state index in [0.717, 1.165) is 13.1 Å². The molecule has 0 aliphatic carbocycles. The number of aliphatic hydroxyl groups excluding tert-OH is 1. The van der Waals surface area contributed by atoms with Gasteiger partial charge in [-0.15, -0.1) is 0 Å². The van der Waals surface area contributed by atoms with Crippen LogP contribution in [0, 0.1) is 5.92 Å². The summed E-state index contributed by atoms with van der Waals surface area (Å²) in [6.45, 7) is 5.72. The van der Waals surface area contributed by atoms with Crippen LogP contribution in [0.5, 0.6) is 0 Å². The van der Waals surface area contributed by atoms with Gasteiger partial charge in [0.25, 0.3) is 0 Å². The second-order valence-corrected chi connectivity index (χ2v) is 7.33. The number of hydrogen-bond acceptors (Lipinski definition) is 2. The molecular formula is C25H29NO. The molecule has 0 spiro atoms. The van der Waals surface area contributed by atoms with Crippen molar-refractivity contribution in [3.8, 4) is 0 Å². The molecule has 0 bridgehead atoms. The van der Waals surface area contributed by atoms with Gasteiger partial charge in [-0.05, 0) is 23.6 Å². The molecule has 1 N–H and O–H groups in total. The predicted octanol–water partition coefficient (Wildman–Crippen LogP) is 5.45. The van der Waals surface area contributed by atoms with Crippen LogP contribution in [0.25, 0.3) is 0 Å². The monoisotopic (exact) mass is 359 g/mol. The van der Waals surface area contributed by atoms with Gasteiger partial charge in [-0.3, -0.25) is 4.90 Å². The third-order valence-corrected chi connectivity index (χ3v) is 5.25. The maximum Gasteiger partial charge on any atom is 0.0555 e. The van der Waals surface area contributed by atoms with E-state index in [4.69, 9.17) is 0 Å². The third kappa shape index (κ3) is 5.29. The summed E-state index contributed by atoms with van der Waals surface area (Å²) in [5.74, 6) is 0.111. The molecule has 0 radical (unpaired) electrons. The van der Waals surface area contributed by atoms with Gasteiger partial charge < -0.3 is 5.11 Å². The van der Waals surface area contributed by atoms with Crippen molar-refractivity contribution in [1.82, 2.24) is 4.90 Å². The molecule has 0 unspecified atom stereocenters. The Kier molecular flexibility index (Phi) is 6.80. The molecule has 0 saturated carbocycles. The Morgan fingerprint density at radius 3 is 1.48 bits per heavy atom. The van der Waals surface area contributed by atoms with Crippen molar-refractivity contribution in [2.24, 2.45) is 5.92 Å². The molecule has 0 heterocycles. The van der Waals surface area contributed by atoms with Crippen LogP contribution in [0.15, 0.2) is 91.0 Å². The van der Waals surface area contributed by atoms with E-state index in [1.807, 2.05) is 13.0 Å². The minimum Gasteiger partial charge on any atom is -0.393 e. The minimum atomic E-state index is -0.385. The largest absolute Gasteiger partial charge is 0.393 e. The van der Waals surface area contributed by atoms with E-state index < -0.39 is 0 Å². The zero-order valence-electron chi connectivity index (χ0n) is 16.2. The first-order valence-electron chi connectivity index (χ1n) is 9.70. The first-order chi connectivity index (χ1) is 13.1. The normalized spacial score (nSPS) is 14.7. The van der Waals surface area contributed by atoms with E-state index in [1.54, 1.807) is 0 Å². The molecule has 3 aromatic rings. The molecule has 27 heavy (non-hydrogen) atoms. The van der Waals surface area contributed by atoms with Crippen LogP contribution < -0.4 is 0 Å². The molecule has 140 valence electrons. The van der Waals surface area contributed by atoms with Gasteiger partial charge >= 0.3 is 0 Å². The first kappa shape index (κ1) is 19.3. The highest BCUT2D eigenvalue weighted by Gasteiger charge is 2.29. The van der Waals surface area contributed by atoms with Gasteiger partial charge in [-0.2, -0.15) is 0 Å². The van der Waals surface area contributed by atoms with Gasteiger partial charge in [0.1, 0.15) is 0 Å². The number of nitrogens with zero attached hydrogens (tertiary/aromatic N) is 1. The summed E-state index contributed by atoms with van der Waals surface area (Å²) in [5.41, 5.74) is 3.82. The fraction of sp³-hybridized carbons (Fsp3) is 0.280. The van der Waals surface area contributed by atoms with E-state index in [2.05, 4.69) is 96.8 Å².